The summed E-state index contributed by atoms with van der Waals surface area (Å²) in [6, 6.07) is 3.23. The lowest BCUT2D eigenvalue weighted by Crippen LogP contribution is -2.25. The zero-order chi connectivity index (χ0) is 14.6. The summed E-state index contributed by atoms with van der Waals surface area (Å²) in [6.45, 7) is 3.90. The molecule has 0 saturated carbocycles. The highest BCUT2D eigenvalue weighted by atomic mass is 32.2. The predicted octanol–water partition coefficient (Wildman–Crippen LogP) is 0.596. The normalized spacial score (nSPS) is 20.3. The first-order chi connectivity index (χ1) is 9.50. The third kappa shape index (κ3) is 3.80. The Bertz CT molecular complexity index is 613. The summed E-state index contributed by atoms with van der Waals surface area (Å²) in [5, 5.41) is 5.77. The number of amides is 1. The van der Waals surface area contributed by atoms with Crippen molar-refractivity contribution in [2.24, 2.45) is 0 Å². The van der Waals surface area contributed by atoms with E-state index in [1.54, 1.807) is 18.2 Å². The van der Waals surface area contributed by atoms with Crippen LogP contribution < -0.4 is 10.6 Å². The number of nitrogens with zero attached hydrogens (tertiary/aromatic N) is 1. The second-order valence-corrected chi connectivity index (χ2v) is 6.90. The molecule has 0 aliphatic carbocycles. The third-order valence-electron chi connectivity index (χ3n) is 3.00. The number of hydrogen-bond acceptors (Lipinski definition) is 5. The van der Waals surface area contributed by atoms with Crippen LogP contribution in [0.1, 0.15) is 16.9 Å². The van der Waals surface area contributed by atoms with Crippen LogP contribution in [-0.2, 0) is 9.84 Å². The molecule has 6 nitrogen and oxygen atoms in total. The Morgan fingerprint density at radius 3 is 3.00 bits per heavy atom. The van der Waals surface area contributed by atoms with Crippen molar-refractivity contribution in [3.8, 4) is 0 Å². The molecular weight excluding hydrogens is 278 g/mol. The molecule has 1 fully saturated rings. The van der Waals surface area contributed by atoms with Crippen molar-refractivity contribution in [3.05, 3.63) is 36.7 Å². The fourth-order valence-electron chi connectivity index (χ4n) is 2.04. The van der Waals surface area contributed by atoms with E-state index in [0.717, 1.165) is 0 Å². The second kappa shape index (κ2) is 6.04. The molecule has 0 bridgehead atoms. The van der Waals surface area contributed by atoms with Gasteiger partial charge in [-0.3, -0.25) is 9.78 Å². The summed E-state index contributed by atoms with van der Waals surface area (Å²) in [5.41, 5.74) is 0.989. The predicted molar refractivity (Wildman–Crippen MR) is 77.4 cm³/mol. The molecule has 1 aliphatic heterocycles. The number of anilines is 1. The van der Waals surface area contributed by atoms with E-state index >= 15 is 0 Å². The van der Waals surface area contributed by atoms with Crippen LogP contribution in [0, 0.1) is 0 Å². The summed E-state index contributed by atoms with van der Waals surface area (Å²) in [7, 11) is -2.92. The molecule has 20 heavy (non-hydrogen) atoms. The highest BCUT2D eigenvalue weighted by molar-refractivity contribution is 7.91. The van der Waals surface area contributed by atoms with Crippen molar-refractivity contribution in [3.63, 3.8) is 0 Å². The van der Waals surface area contributed by atoms with E-state index in [1.165, 1.54) is 6.20 Å². The minimum atomic E-state index is -2.92. The van der Waals surface area contributed by atoms with Gasteiger partial charge in [-0.05, 0) is 18.6 Å². The van der Waals surface area contributed by atoms with Gasteiger partial charge in [0.25, 0.3) is 5.91 Å². The second-order valence-electron chi connectivity index (χ2n) is 4.67. The summed E-state index contributed by atoms with van der Waals surface area (Å²) < 4.78 is 22.8. The van der Waals surface area contributed by atoms with Gasteiger partial charge in [-0.2, -0.15) is 0 Å². The fraction of sp³-hybridized carbons (Fsp3) is 0.385. The molecule has 1 unspecified atom stereocenters. The molecule has 1 aliphatic rings. The maximum absolute atomic E-state index is 11.8. The first-order valence-corrected chi connectivity index (χ1v) is 8.14. The van der Waals surface area contributed by atoms with Crippen LogP contribution in [-0.4, -0.2) is 43.4 Å². The fourth-order valence-corrected chi connectivity index (χ4v) is 3.72. The molecule has 1 amide bonds. The summed E-state index contributed by atoms with van der Waals surface area (Å²) >= 11 is 0. The van der Waals surface area contributed by atoms with Gasteiger partial charge in [0.1, 0.15) is 5.69 Å². The lowest BCUT2D eigenvalue weighted by molar-refractivity contribution is 0.0953. The van der Waals surface area contributed by atoms with Gasteiger partial charge < -0.3 is 10.6 Å². The van der Waals surface area contributed by atoms with E-state index in [9.17, 15) is 13.2 Å². The topological polar surface area (TPSA) is 88.2 Å². The Morgan fingerprint density at radius 2 is 2.35 bits per heavy atom. The molecule has 0 spiro atoms. The van der Waals surface area contributed by atoms with Gasteiger partial charge in [-0.15, -0.1) is 6.58 Å². The average molecular weight is 295 g/mol. The number of sulfone groups is 1. The van der Waals surface area contributed by atoms with Crippen LogP contribution in [0.15, 0.2) is 31.0 Å². The Morgan fingerprint density at radius 1 is 1.55 bits per heavy atom. The summed E-state index contributed by atoms with van der Waals surface area (Å²) in [5.74, 6) is 0.0584. The quantitative estimate of drug-likeness (QED) is 0.777. The van der Waals surface area contributed by atoms with Crippen molar-refractivity contribution in [2.75, 3.05) is 23.4 Å². The average Bonchev–Trinajstić information content (AvgIpc) is 2.75. The Balaban J connectivity index is 2.03. The smallest absolute Gasteiger partial charge is 0.270 e. The van der Waals surface area contributed by atoms with Crippen LogP contribution in [0.2, 0.25) is 0 Å². The lowest BCUT2D eigenvalue weighted by atomic mass is 10.2. The van der Waals surface area contributed by atoms with E-state index in [-0.39, 0.29) is 29.1 Å². The molecule has 0 aromatic carbocycles. The number of aromatic nitrogens is 1. The van der Waals surface area contributed by atoms with E-state index in [2.05, 4.69) is 22.2 Å². The standard InChI is InChI=1S/C13H17N3O3S/c1-2-5-15-13(17)12-8-10(3-6-14-12)16-11-4-7-20(18,19)9-11/h2-3,6,8,11H,1,4-5,7,9H2,(H,14,16)(H,15,17). The maximum Gasteiger partial charge on any atom is 0.270 e. The van der Waals surface area contributed by atoms with Crippen LogP contribution in [0.4, 0.5) is 5.69 Å². The van der Waals surface area contributed by atoms with E-state index < -0.39 is 9.84 Å². The van der Waals surface area contributed by atoms with Gasteiger partial charge in [0.05, 0.1) is 11.5 Å². The van der Waals surface area contributed by atoms with Gasteiger partial charge >= 0.3 is 0 Å². The minimum absolute atomic E-state index is 0.105. The molecule has 1 aromatic heterocycles. The largest absolute Gasteiger partial charge is 0.381 e. The molecule has 7 heteroatoms. The van der Waals surface area contributed by atoms with Crippen molar-refractivity contribution in [2.45, 2.75) is 12.5 Å². The molecule has 2 N–H and O–H groups in total. The Labute approximate surface area is 118 Å². The first-order valence-electron chi connectivity index (χ1n) is 6.32. The molecule has 1 saturated heterocycles. The van der Waals surface area contributed by atoms with Gasteiger partial charge in [0.2, 0.25) is 0 Å². The molecule has 2 heterocycles. The van der Waals surface area contributed by atoms with Gasteiger partial charge in [-0.25, -0.2) is 8.42 Å². The number of hydrogen-bond donors (Lipinski definition) is 2. The number of pyridine rings is 1. The third-order valence-corrected chi connectivity index (χ3v) is 4.77. The SMILES string of the molecule is C=CCNC(=O)c1cc(NC2CCS(=O)(=O)C2)ccn1. The minimum Gasteiger partial charge on any atom is -0.381 e. The molecule has 0 radical (unpaired) electrons. The summed E-state index contributed by atoms with van der Waals surface area (Å²) in [4.78, 5) is 15.7. The van der Waals surface area contributed by atoms with Gasteiger partial charge in [-0.1, -0.05) is 6.08 Å². The van der Waals surface area contributed by atoms with E-state index in [4.69, 9.17) is 0 Å². The Hall–Kier alpha value is -1.89. The molecule has 2 rings (SSSR count). The zero-order valence-electron chi connectivity index (χ0n) is 11.0. The zero-order valence-corrected chi connectivity index (χ0v) is 11.8. The number of rotatable bonds is 5. The van der Waals surface area contributed by atoms with Crippen LogP contribution >= 0.6 is 0 Å². The number of carbonyl (C=O) groups is 1. The van der Waals surface area contributed by atoms with Crippen LogP contribution in [0.3, 0.4) is 0 Å². The highest BCUT2D eigenvalue weighted by Gasteiger charge is 2.27. The van der Waals surface area contributed by atoms with Crippen molar-refractivity contribution in [1.29, 1.82) is 0 Å². The van der Waals surface area contributed by atoms with Gasteiger partial charge in [0.15, 0.2) is 9.84 Å². The first kappa shape index (κ1) is 14.5. The highest BCUT2D eigenvalue weighted by Crippen LogP contribution is 2.17. The lowest BCUT2D eigenvalue weighted by Gasteiger charge is -2.12. The maximum atomic E-state index is 11.8. The van der Waals surface area contributed by atoms with Crippen LogP contribution in [0.5, 0.6) is 0 Å². The van der Waals surface area contributed by atoms with Gasteiger partial charge in [0, 0.05) is 24.5 Å². The monoisotopic (exact) mass is 295 g/mol. The van der Waals surface area contributed by atoms with E-state index in [1.807, 2.05) is 0 Å². The molecule has 1 aromatic rings. The van der Waals surface area contributed by atoms with E-state index in [0.29, 0.717) is 18.7 Å². The summed E-state index contributed by atoms with van der Waals surface area (Å²) in [6.07, 6.45) is 3.70. The van der Waals surface area contributed by atoms with Crippen LogP contribution in [0.25, 0.3) is 0 Å². The number of nitrogens with one attached hydrogen (secondary N) is 2. The van der Waals surface area contributed by atoms with Crippen molar-refractivity contribution < 1.29 is 13.2 Å². The number of carbonyl (C=O) groups excluding carboxylic acids is 1. The molecular formula is C13H17N3O3S. The van der Waals surface area contributed by atoms with Crippen molar-refractivity contribution in [1.82, 2.24) is 10.3 Å². The molecule has 1 atom stereocenters. The molecule has 108 valence electrons. The Kier molecular flexibility index (Phi) is 4.39. The van der Waals surface area contributed by atoms with Crippen molar-refractivity contribution >= 4 is 21.4 Å².